The Balaban J connectivity index is 1.64. The molecule has 0 aliphatic heterocycles. The van der Waals surface area contributed by atoms with E-state index in [1.165, 1.54) is 0 Å². The molecular formula is C33H46N2O7. The molecule has 0 saturated heterocycles. The molecule has 0 heterocycles. The summed E-state index contributed by atoms with van der Waals surface area (Å²) in [5.74, 6) is 0.958. The third-order valence-corrected chi connectivity index (χ3v) is 8.53. The number of nitrogens with one attached hydrogen (secondary N) is 1. The first kappa shape index (κ1) is 31.6. The number of rotatable bonds is 15. The summed E-state index contributed by atoms with van der Waals surface area (Å²) >= 11 is 0. The van der Waals surface area contributed by atoms with Gasteiger partial charge in [-0.2, -0.15) is 0 Å². The number of methoxy groups -OCH3 is 1. The SMILES string of the molecule is CCOc1cc([C@@H](C)N(CCO[C@@H](C)c2ccccc2)C(=O)NC2(C(=O)O)CC(OC)C2)c(C)c(OCC)c1C1CC1. The average Bonchev–Trinajstić information content (AvgIpc) is 3.79. The van der Waals surface area contributed by atoms with E-state index in [4.69, 9.17) is 18.9 Å². The Hall–Kier alpha value is -3.30. The van der Waals surface area contributed by atoms with Gasteiger partial charge in [-0.25, -0.2) is 9.59 Å². The molecule has 0 unspecified atom stereocenters. The van der Waals surface area contributed by atoms with Crippen molar-refractivity contribution < 1.29 is 33.6 Å². The fraction of sp³-hybridized carbons (Fsp3) is 0.576. The van der Waals surface area contributed by atoms with Crippen molar-refractivity contribution in [2.75, 3.05) is 33.5 Å². The highest BCUT2D eigenvalue weighted by molar-refractivity contribution is 5.87. The standard InChI is InChI=1S/C33H46N2O7/c1-7-40-28-18-27(21(3)30(41-8-2)29(28)25-14-15-25)22(4)35(16-17-42-23(5)24-12-10-9-11-13-24)32(38)34-33(31(36)37)19-26(20-33)39-6/h9-13,18,22-23,25-26H,7-8,14-17,19-20H2,1-6H3,(H,34,38)(H,36,37)/t22-,23+,26?,33?/m1/s1. The molecule has 0 aromatic heterocycles. The van der Waals surface area contributed by atoms with Crippen molar-refractivity contribution in [1.82, 2.24) is 10.2 Å². The molecule has 2 atom stereocenters. The number of benzene rings is 2. The van der Waals surface area contributed by atoms with Gasteiger partial charge in [0.2, 0.25) is 0 Å². The van der Waals surface area contributed by atoms with Crippen LogP contribution in [-0.4, -0.2) is 67.1 Å². The number of carboxylic acid groups (broad SMARTS) is 1. The first-order chi connectivity index (χ1) is 20.2. The van der Waals surface area contributed by atoms with Crippen molar-refractivity contribution in [2.24, 2.45) is 0 Å². The van der Waals surface area contributed by atoms with Crippen LogP contribution in [-0.2, 0) is 14.3 Å². The van der Waals surface area contributed by atoms with Crippen LogP contribution in [0.3, 0.4) is 0 Å². The van der Waals surface area contributed by atoms with E-state index in [0.29, 0.717) is 19.1 Å². The molecule has 0 bridgehead atoms. The van der Waals surface area contributed by atoms with Gasteiger partial charge in [0, 0.05) is 32.1 Å². The summed E-state index contributed by atoms with van der Waals surface area (Å²) in [5, 5.41) is 12.9. The van der Waals surface area contributed by atoms with Gasteiger partial charge in [0.05, 0.1) is 38.1 Å². The molecule has 230 valence electrons. The van der Waals surface area contributed by atoms with Crippen molar-refractivity contribution in [3.63, 3.8) is 0 Å². The van der Waals surface area contributed by atoms with Crippen molar-refractivity contribution in [3.05, 3.63) is 58.7 Å². The quantitative estimate of drug-likeness (QED) is 0.259. The smallest absolute Gasteiger partial charge is 0.329 e. The van der Waals surface area contributed by atoms with Gasteiger partial charge in [-0.1, -0.05) is 30.3 Å². The lowest BCUT2D eigenvalue weighted by atomic mass is 9.74. The first-order valence-corrected chi connectivity index (χ1v) is 15.1. The summed E-state index contributed by atoms with van der Waals surface area (Å²) in [6, 6.07) is 11.1. The third kappa shape index (κ3) is 6.84. The topological polar surface area (TPSA) is 107 Å². The minimum Gasteiger partial charge on any atom is -0.493 e. The molecule has 2 saturated carbocycles. The molecule has 9 nitrogen and oxygen atoms in total. The molecule has 0 radical (unpaired) electrons. The Morgan fingerprint density at radius 1 is 1.10 bits per heavy atom. The van der Waals surface area contributed by atoms with Crippen molar-refractivity contribution in [2.45, 2.75) is 90.0 Å². The van der Waals surface area contributed by atoms with E-state index >= 15 is 0 Å². The van der Waals surface area contributed by atoms with Gasteiger partial charge in [0.15, 0.2) is 0 Å². The number of carbonyl (C=O) groups excluding carboxylic acids is 1. The van der Waals surface area contributed by atoms with E-state index < -0.39 is 23.6 Å². The van der Waals surface area contributed by atoms with Gasteiger partial charge in [0.25, 0.3) is 0 Å². The molecule has 2 N–H and O–H groups in total. The van der Waals surface area contributed by atoms with E-state index in [9.17, 15) is 14.7 Å². The predicted octanol–water partition coefficient (Wildman–Crippen LogP) is 6.15. The molecule has 0 spiro atoms. The van der Waals surface area contributed by atoms with E-state index in [2.05, 4.69) is 5.32 Å². The summed E-state index contributed by atoms with van der Waals surface area (Å²) in [7, 11) is 1.55. The molecular weight excluding hydrogens is 536 g/mol. The minimum atomic E-state index is -1.37. The normalized spacial score (nSPS) is 21.1. The van der Waals surface area contributed by atoms with Gasteiger partial charge in [0.1, 0.15) is 17.0 Å². The molecule has 2 amide bonds. The second-order valence-corrected chi connectivity index (χ2v) is 11.3. The Kier molecular flexibility index (Phi) is 10.4. The highest BCUT2D eigenvalue weighted by Gasteiger charge is 2.52. The molecule has 9 heteroatoms. The van der Waals surface area contributed by atoms with Crippen LogP contribution < -0.4 is 14.8 Å². The van der Waals surface area contributed by atoms with Crippen LogP contribution in [0, 0.1) is 6.92 Å². The number of ether oxygens (including phenoxy) is 4. The monoisotopic (exact) mass is 582 g/mol. The Bertz CT molecular complexity index is 1220. The zero-order valence-electron chi connectivity index (χ0n) is 25.8. The van der Waals surface area contributed by atoms with E-state index in [0.717, 1.165) is 46.6 Å². The fourth-order valence-corrected chi connectivity index (χ4v) is 5.85. The maximum absolute atomic E-state index is 13.9. The van der Waals surface area contributed by atoms with E-state index in [1.54, 1.807) is 12.0 Å². The molecule has 42 heavy (non-hydrogen) atoms. The zero-order valence-corrected chi connectivity index (χ0v) is 25.8. The number of carboxylic acids is 1. The Morgan fingerprint density at radius 2 is 1.76 bits per heavy atom. The molecule has 2 aromatic carbocycles. The number of hydrogen-bond acceptors (Lipinski definition) is 6. The van der Waals surface area contributed by atoms with Gasteiger partial charge < -0.3 is 34.3 Å². The first-order valence-electron chi connectivity index (χ1n) is 15.1. The van der Waals surface area contributed by atoms with Gasteiger partial charge in [-0.15, -0.1) is 0 Å². The van der Waals surface area contributed by atoms with Crippen molar-refractivity contribution in [1.29, 1.82) is 0 Å². The van der Waals surface area contributed by atoms with Crippen LogP contribution >= 0.6 is 0 Å². The Labute approximate surface area is 249 Å². The van der Waals surface area contributed by atoms with Gasteiger partial charge >= 0.3 is 12.0 Å². The summed E-state index contributed by atoms with van der Waals surface area (Å²) < 4.78 is 23.8. The number of hydrogen-bond donors (Lipinski definition) is 2. The number of aliphatic carboxylic acids is 1. The average molecular weight is 583 g/mol. The molecule has 4 rings (SSSR count). The van der Waals surface area contributed by atoms with Crippen LogP contribution in [0.4, 0.5) is 4.79 Å². The maximum Gasteiger partial charge on any atom is 0.329 e. The summed E-state index contributed by atoms with van der Waals surface area (Å²) in [5.41, 5.74) is 2.63. The number of amides is 2. The highest BCUT2D eigenvalue weighted by atomic mass is 16.5. The van der Waals surface area contributed by atoms with Crippen molar-refractivity contribution >= 4 is 12.0 Å². The van der Waals surface area contributed by atoms with Crippen molar-refractivity contribution in [3.8, 4) is 11.5 Å². The van der Waals surface area contributed by atoms with Crippen LogP contribution in [0.1, 0.15) is 93.7 Å². The van der Waals surface area contributed by atoms with Crippen LogP contribution in [0.25, 0.3) is 0 Å². The lowest BCUT2D eigenvalue weighted by molar-refractivity contribution is -0.155. The lowest BCUT2D eigenvalue weighted by Gasteiger charge is -2.45. The van der Waals surface area contributed by atoms with Gasteiger partial charge in [-0.05, 0) is 76.1 Å². The molecule has 2 aliphatic rings. The largest absolute Gasteiger partial charge is 0.493 e. The highest BCUT2D eigenvalue weighted by Crippen LogP contribution is 2.51. The Morgan fingerprint density at radius 3 is 2.33 bits per heavy atom. The van der Waals surface area contributed by atoms with Crippen LogP contribution in [0.5, 0.6) is 11.5 Å². The molecule has 2 fully saturated rings. The second kappa shape index (κ2) is 13.8. The molecule has 2 aliphatic carbocycles. The number of nitrogens with zero attached hydrogens (tertiary/aromatic N) is 1. The number of carbonyl (C=O) groups is 2. The van der Waals surface area contributed by atoms with E-state index in [-0.39, 0.29) is 38.2 Å². The zero-order chi connectivity index (χ0) is 30.4. The molecule has 2 aromatic rings. The van der Waals surface area contributed by atoms with Gasteiger partial charge in [-0.3, -0.25) is 0 Å². The summed E-state index contributed by atoms with van der Waals surface area (Å²) in [6.45, 7) is 11.4. The fourth-order valence-electron chi connectivity index (χ4n) is 5.85. The second-order valence-electron chi connectivity index (χ2n) is 11.3. The number of urea groups is 1. The summed E-state index contributed by atoms with van der Waals surface area (Å²) in [4.78, 5) is 27.9. The van der Waals surface area contributed by atoms with E-state index in [1.807, 2.05) is 71.0 Å². The third-order valence-electron chi connectivity index (χ3n) is 8.53. The predicted molar refractivity (Wildman–Crippen MR) is 160 cm³/mol. The lowest BCUT2D eigenvalue weighted by Crippen LogP contribution is -2.66. The maximum atomic E-state index is 13.9. The van der Waals surface area contributed by atoms with Crippen LogP contribution in [0.15, 0.2) is 36.4 Å². The minimum absolute atomic E-state index is 0.167. The summed E-state index contributed by atoms with van der Waals surface area (Å²) in [6.07, 6.45) is 2.25. The van der Waals surface area contributed by atoms with Crippen LogP contribution in [0.2, 0.25) is 0 Å².